The normalized spacial score (nSPS) is 52.6. The summed E-state index contributed by atoms with van der Waals surface area (Å²) in [4.78, 5) is 0. The van der Waals surface area contributed by atoms with Gasteiger partial charge >= 0.3 is 0 Å². The highest BCUT2D eigenvalue weighted by Gasteiger charge is 2.49. The van der Waals surface area contributed by atoms with Gasteiger partial charge in [-0.25, -0.2) is 0 Å². The van der Waals surface area contributed by atoms with E-state index in [0.29, 0.717) is 6.04 Å². The van der Waals surface area contributed by atoms with Crippen LogP contribution in [-0.4, -0.2) is 6.04 Å². The summed E-state index contributed by atoms with van der Waals surface area (Å²) >= 11 is 0. The molecule has 1 atom stereocenters. The molecule has 0 aliphatic heterocycles. The average Bonchev–Trinajstić information content (AvgIpc) is 2.30. The predicted octanol–water partition coefficient (Wildman–Crippen LogP) is 3.50. The zero-order chi connectivity index (χ0) is 11.4. The quantitative estimate of drug-likeness (QED) is 0.687. The highest BCUT2D eigenvalue weighted by atomic mass is 14.7. The molecule has 4 bridgehead atoms. The van der Waals surface area contributed by atoms with Gasteiger partial charge < -0.3 is 5.73 Å². The maximum Gasteiger partial charge on any atom is 0.0256 e. The Kier molecular flexibility index (Phi) is 2.40. The molecule has 0 aromatic carbocycles. The van der Waals surface area contributed by atoms with E-state index in [1.165, 1.54) is 44.9 Å². The van der Waals surface area contributed by atoms with E-state index in [4.69, 9.17) is 5.73 Å². The van der Waals surface area contributed by atoms with Crippen LogP contribution >= 0.6 is 0 Å². The van der Waals surface area contributed by atoms with E-state index in [2.05, 4.69) is 6.08 Å². The molecule has 1 unspecified atom stereocenters. The third-order valence-electron chi connectivity index (χ3n) is 6.14. The van der Waals surface area contributed by atoms with Crippen molar-refractivity contribution in [1.82, 2.24) is 0 Å². The minimum absolute atomic E-state index is 0.409. The molecule has 2 N–H and O–H groups in total. The van der Waals surface area contributed by atoms with Crippen molar-refractivity contribution in [1.29, 1.82) is 0 Å². The fourth-order valence-corrected chi connectivity index (χ4v) is 5.78. The lowest BCUT2D eigenvalue weighted by atomic mass is 9.50. The van der Waals surface area contributed by atoms with Crippen LogP contribution in [0.25, 0.3) is 0 Å². The zero-order valence-corrected chi connectivity index (χ0v) is 10.8. The van der Waals surface area contributed by atoms with Gasteiger partial charge in [0, 0.05) is 6.04 Å². The summed E-state index contributed by atoms with van der Waals surface area (Å²) < 4.78 is 0. The molecule has 5 aliphatic rings. The lowest BCUT2D eigenvalue weighted by molar-refractivity contribution is -0.0233. The predicted molar refractivity (Wildman–Crippen MR) is 70.4 cm³/mol. The molecule has 0 amide bonds. The number of allylic oxidation sites excluding steroid dienone is 1. The summed E-state index contributed by atoms with van der Waals surface area (Å²) in [5, 5.41) is 0. The van der Waals surface area contributed by atoms with E-state index in [9.17, 15) is 0 Å². The van der Waals surface area contributed by atoms with Crippen molar-refractivity contribution >= 4 is 0 Å². The maximum atomic E-state index is 6.39. The average molecular weight is 231 g/mol. The number of hydrogen-bond acceptors (Lipinski definition) is 1. The molecule has 94 valence electrons. The highest BCUT2D eigenvalue weighted by molar-refractivity contribution is 5.21. The van der Waals surface area contributed by atoms with E-state index in [-0.39, 0.29) is 0 Å². The van der Waals surface area contributed by atoms with Gasteiger partial charge in [0.15, 0.2) is 0 Å². The molecular formula is C16H25N. The Bertz CT molecular complexity index is 315. The lowest BCUT2D eigenvalue weighted by Gasteiger charge is -2.56. The Hall–Kier alpha value is -0.300. The van der Waals surface area contributed by atoms with Crippen LogP contribution in [0.1, 0.15) is 51.4 Å². The minimum atomic E-state index is 0.409. The standard InChI is InChI=1S/C16H25N/c17-15-4-2-1-3-14(15)16-12-6-10-5-11(8-12)9-13(16)7-10/h3,10-13,15-16H,1-2,4-9,17H2. The molecule has 0 spiro atoms. The SMILES string of the molecule is NC1CCCC=C1C1C2CC3CC(C2)CC1C3. The number of nitrogens with two attached hydrogens (primary N) is 1. The Morgan fingerprint density at radius 1 is 0.941 bits per heavy atom. The minimum Gasteiger partial charge on any atom is -0.324 e. The van der Waals surface area contributed by atoms with Crippen molar-refractivity contribution in [3.63, 3.8) is 0 Å². The first-order chi connectivity index (χ1) is 8.31. The summed E-state index contributed by atoms with van der Waals surface area (Å²) in [6.07, 6.45) is 14.1. The Morgan fingerprint density at radius 2 is 1.59 bits per heavy atom. The second-order valence-electron chi connectivity index (χ2n) is 7.20. The first-order valence-electron chi connectivity index (χ1n) is 7.77. The van der Waals surface area contributed by atoms with Crippen LogP contribution in [0.4, 0.5) is 0 Å². The van der Waals surface area contributed by atoms with E-state index in [1.807, 2.05) is 0 Å². The first kappa shape index (κ1) is 10.6. The first-order valence-corrected chi connectivity index (χ1v) is 7.77. The van der Waals surface area contributed by atoms with Gasteiger partial charge in [0.05, 0.1) is 0 Å². The molecule has 0 saturated heterocycles. The van der Waals surface area contributed by atoms with E-state index in [0.717, 1.165) is 29.6 Å². The molecule has 1 nitrogen and oxygen atoms in total. The highest BCUT2D eigenvalue weighted by Crippen LogP contribution is 2.58. The number of rotatable bonds is 1. The summed E-state index contributed by atoms with van der Waals surface area (Å²) in [5.41, 5.74) is 8.08. The van der Waals surface area contributed by atoms with Gasteiger partial charge in [-0.3, -0.25) is 0 Å². The monoisotopic (exact) mass is 231 g/mol. The van der Waals surface area contributed by atoms with Crippen LogP contribution in [0.5, 0.6) is 0 Å². The third-order valence-corrected chi connectivity index (χ3v) is 6.14. The van der Waals surface area contributed by atoms with Gasteiger partial charge in [-0.2, -0.15) is 0 Å². The van der Waals surface area contributed by atoms with Crippen molar-refractivity contribution in [3.05, 3.63) is 11.6 Å². The lowest BCUT2D eigenvalue weighted by Crippen LogP contribution is -2.48. The zero-order valence-electron chi connectivity index (χ0n) is 10.8. The van der Waals surface area contributed by atoms with Crippen molar-refractivity contribution < 1.29 is 0 Å². The van der Waals surface area contributed by atoms with Gasteiger partial charge in [0.25, 0.3) is 0 Å². The van der Waals surface area contributed by atoms with Crippen LogP contribution in [0, 0.1) is 29.6 Å². The smallest absolute Gasteiger partial charge is 0.0256 e. The molecule has 17 heavy (non-hydrogen) atoms. The molecule has 5 rings (SSSR count). The Balaban J connectivity index is 1.63. The summed E-state index contributed by atoms with van der Waals surface area (Å²) in [5.74, 6) is 5.12. The fourth-order valence-electron chi connectivity index (χ4n) is 5.78. The van der Waals surface area contributed by atoms with Crippen LogP contribution in [0.15, 0.2) is 11.6 Å². The molecule has 1 heteroatoms. The third kappa shape index (κ3) is 1.62. The van der Waals surface area contributed by atoms with Crippen molar-refractivity contribution in [2.75, 3.05) is 0 Å². The molecule has 0 heterocycles. The molecule has 4 fully saturated rings. The summed E-state index contributed by atoms with van der Waals surface area (Å²) in [7, 11) is 0. The topological polar surface area (TPSA) is 26.0 Å². The van der Waals surface area contributed by atoms with Gasteiger partial charge in [-0.05, 0) is 81.0 Å². The van der Waals surface area contributed by atoms with Gasteiger partial charge in [0.2, 0.25) is 0 Å². The van der Waals surface area contributed by atoms with Crippen molar-refractivity contribution in [3.8, 4) is 0 Å². The molecule has 4 saturated carbocycles. The van der Waals surface area contributed by atoms with Crippen LogP contribution in [-0.2, 0) is 0 Å². The van der Waals surface area contributed by atoms with E-state index >= 15 is 0 Å². The molecule has 0 aromatic heterocycles. The van der Waals surface area contributed by atoms with Crippen LogP contribution in [0.2, 0.25) is 0 Å². The maximum absolute atomic E-state index is 6.39. The van der Waals surface area contributed by atoms with Crippen LogP contribution < -0.4 is 5.73 Å². The van der Waals surface area contributed by atoms with Crippen molar-refractivity contribution in [2.24, 2.45) is 35.3 Å². The van der Waals surface area contributed by atoms with Crippen molar-refractivity contribution in [2.45, 2.75) is 57.4 Å². The van der Waals surface area contributed by atoms with Gasteiger partial charge in [-0.15, -0.1) is 0 Å². The molecular weight excluding hydrogens is 206 g/mol. The van der Waals surface area contributed by atoms with Gasteiger partial charge in [-0.1, -0.05) is 11.6 Å². The second kappa shape index (κ2) is 3.85. The molecule has 5 aliphatic carbocycles. The Labute approximate surface area is 105 Å². The fraction of sp³-hybridized carbons (Fsp3) is 0.875. The van der Waals surface area contributed by atoms with Gasteiger partial charge in [0.1, 0.15) is 0 Å². The second-order valence-corrected chi connectivity index (χ2v) is 7.20. The summed E-state index contributed by atoms with van der Waals surface area (Å²) in [6, 6.07) is 0.409. The van der Waals surface area contributed by atoms with E-state index < -0.39 is 0 Å². The molecule has 0 radical (unpaired) electrons. The Morgan fingerprint density at radius 3 is 2.18 bits per heavy atom. The molecule has 0 aromatic rings. The van der Waals surface area contributed by atoms with E-state index in [1.54, 1.807) is 12.0 Å². The van der Waals surface area contributed by atoms with Crippen LogP contribution in [0.3, 0.4) is 0 Å². The summed E-state index contributed by atoms with van der Waals surface area (Å²) in [6.45, 7) is 0. The largest absolute Gasteiger partial charge is 0.324 e. The number of hydrogen-bond donors (Lipinski definition) is 1.